The molecule has 2 rings (SSSR count). The first kappa shape index (κ1) is 14.9. The monoisotopic (exact) mass is 342 g/mol. The zero-order chi connectivity index (χ0) is 14.2. The Bertz CT molecular complexity index is 623. The van der Waals surface area contributed by atoms with Crippen LogP contribution in [0, 0.1) is 5.92 Å². The number of benzene rings is 1. The van der Waals surface area contributed by atoms with Crippen molar-refractivity contribution < 1.29 is 17.9 Å². The second kappa shape index (κ2) is 5.48. The largest absolute Gasteiger partial charge is 0.462 e. The van der Waals surface area contributed by atoms with Gasteiger partial charge in [0, 0.05) is 10.7 Å². The molecule has 8 heteroatoms. The van der Waals surface area contributed by atoms with Crippen LogP contribution in [0.25, 0.3) is 0 Å². The van der Waals surface area contributed by atoms with Gasteiger partial charge in [-0.25, -0.2) is 13.2 Å². The minimum atomic E-state index is -4.00. The third-order valence-electron chi connectivity index (χ3n) is 2.65. The number of ether oxygens (including phenoxy) is 1. The summed E-state index contributed by atoms with van der Waals surface area (Å²) in [6, 6.07) is 2.15. The Morgan fingerprint density at radius 1 is 1.32 bits per heavy atom. The molecular weight excluding hydrogens is 335 g/mol. The molecule has 0 atom stereocenters. The molecule has 1 saturated carbocycles. The van der Waals surface area contributed by atoms with E-state index in [1.807, 2.05) is 0 Å². The van der Waals surface area contributed by atoms with Gasteiger partial charge in [-0.15, -0.1) is 0 Å². The highest BCUT2D eigenvalue weighted by Crippen LogP contribution is 2.32. The van der Waals surface area contributed by atoms with Crippen LogP contribution < -0.4 is 0 Å². The van der Waals surface area contributed by atoms with Gasteiger partial charge < -0.3 is 4.74 Å². The molecule has 1 aromatic rings. The first-order valence-corrected chi connectivity index (χ1v) is 8.46. The third kappa shape index (κ3) is 3.75. The van der Waals surface area contributed by atoms with E-state index >= 15 is 0 Å². The minimum absolute atomic E-state index is 0.0495. The summed E-state index contributed by atoms with van der Waals surface area (Å²) in [5.74, 6) is -0.320. The average molecular weight is 344 g/mol. The molecule has 0 radical (unpaired) electrons. The Kier molecular flexibility index (Phi) is 4.30. The van der Waals surface area contributed by atoms with Gasteiger partial charge in [-0.3, -0.25) is 0 Å². The second-order valence-corrected chi connectivity index (χ2v) is 7.60. The standard InChI is InChI=1S/C11H9Cl3O4S/c12-9-4-7(19(14,16)17)3-8(10(9)13)11(15)18-5-6-1-2-6/h3-4,6H,1-2,5H2. The molecule has 0 aliphatic heterocycles. The van der Waals surface area contributed by atoms with Crippen molar-refractivity contribution >= 4 is 48.9 Å². The molecule has 104 valence electrons. The van der Waals surface area contributed by atoms with Gasteiger partial charge in [0.15, 0.2) is 0 Å². The SMILES string of the molecule is O=C(OCC1CC1)c1cc(S(=O)(=O)Cl)cc(Cl)c1Cl. The number of carbonyl (C=O) groups excluding carboxylic acids is 1. The molecule has 1 aromatic carbocycles. The maximum atomic E-state index is 11.8. The minimum Gasteiger partial charge on any atom is -0.462 e. The summed E-state index contributed by atoms with van der Waals surface area (Å²) in [7, 11) is 1.22. The van der Waals surface area contributed by atoms with Crippen molar-refractivity contribution in [3.8, 4) is 0 Å². The van der Waals surface area contributed by atoms with E-state index in [2.05, 4.69) is 0 Å². The van der Waals surface area contributed by atoms with Crippen LogP contribution in [-0.2, 0) is 13.8 Å². The lowest BCUT2D eigenvalue weighted by Crippen LogP contribution is -2.09. The van der Waals surface area contributed by atoms with E-state index in [-0.39, 0.29) is 20.5 Å². The van der Waals surface area contributed by atoms with Crippen molar-refractivity contribution in [1.82, 2.24) is 0 Å². The predicted octanol–water partition coefficient (Wildman–Crippen LogP) is 3.49. The van der Waals surface area contributed by atoms with Gasteiger partial charge in [-0.2, -0.15) is 0 Å². The summed E-state index contributed by atoms with van der Waals surface area (Å²) in [5, 5.41) is -0.117. The topological polar surface area (TPSA) is 60.4 Å². The van der Waals surface area contributed by atoms with Gasteiger partial charge >= 0.3 is 5.97 Å². The van der Waals surface area contributed by atoms with Gasteiger partial charge in [0.1, 0.15) is 0 Å². The van der Waals surface area contributed by atoms with Crippen molar-refractivity contribution in [2.24, 2.45) is 5.92 Å². The van der Waals surface area contributed by atoms with E-state index < -0.39 is 15.0 Å². The molecule has 0 bridgehead atoms. The van der Waals surface area contributed by atoms with E-state index in [0.717, 1.165) is 25.0 Å². The van der Waals surface area contributed by atoms with Crippen LogP contribution in [0.5, 0.6) is 0 Å². The van der Waals surface area contributed by atoms with Crippen LogP contribution >= 0.6 is 33.9 Å². The molecule has 0 aromatic heterocycles. The van der Waals surface area contributed by atoms with Gasteiger partial charge in [0.05, 0.1) is 27.1 Å². The molecule has 0 spiro atoms. The quantitative estimate of drug-likeness (QED) is 0.620. The number of rotatable bonds is 4. The second-order valence-electron chi connectivity index (χ2n) is 4.25. The Labute approximate surface area is 125 Å². The van der Waals surface area contributed by atoms with E-state index in [0.29, 0.717) is 12.5 Å². The molecule has 0 saturated heterocycles. The van der Waals surface area contributed by atoms with Crippen LogP contribution in [0.1, 0.15) is 23.2 Å². The fourth-order valence-corrected chi connectivity index (χ4v) is 2.66. The highest BCUT2D eigenvalue weighted by atomic mass is 35.7. The molecule has 1 aliphatic rings. The van der Waals surface area contributed by atoms with E-state index in [1.54, 1.807) is 0 Å². The zero-order valence-electron chi connectivity index (χ0n) is 9.53. The van der Waals surface area contributed by atoms with Crippen LogP contribution in [0.15, 0.2) is 17.0 Å². The number of esters is 1. The normalized spacial score (nSPS) is 15.3. The lowest BCUT2D eigenvalue weighted by molar-refractivity contribution is 0.0486. The van der Waals surface area contributed by atoms with E-state index in [4.69, 9.17) is 38.6 Å². The predicted molar refractivity (Wildman–Crippen MR) is 72.5 cm³/mol. The van der Waals surface area contributed by atoms with Gasteiger partial charge in [0.2, 0.25) is 0 Å². The fourth-order valence-electron chi connectivity index (χ4n) is 1.41. The van der Waals surface area contributed by atoms with Crippen LogP contribution in [-0.4, -0.2) is 21.0 Å². The van der Waals surface area contributed by atoms with Crippen molar-refractivity contribution in [3.63, 3.8) is 0 Å². The van der Waals surface area contributed by atoms with Crippen LogP contribution in [0.4, 0.5) is 0 Å². The third-order valence-corrected chi connectivity index (χ3v) is 4.79. The van der Waals surface area contributed by atoms with E-state index in [1.165, 1.54) is 0 Å². The van der Waals surface area contributed by atoms with Crippen LogP contribution in [0.3, 0.4) is 0 Å². The summed E-state index contributed by atoms with van der Waals surface area (Å²) < 4.78 is 27.6. The average Bonchev–Trinajstić information content (AvgIpc) is 3.11. The molecular formula is C11H9Cl3O4S. The highest BCUT2D eigenvalue weighted by molar-refractivity contribution is 8.13. The lowest BCUT2D eigenvalue weighted by Gasteiger charge is -2.08. The summed E-state index contributed by atoms with van der Waals surface area (Å²) in [6.45, 7) is 0.296. The van der Waals surface area contributed by atoms with Gasteiger partial charge in [-0.05, 0) is 30.9 Å². The van der Waals surface area contributed by atoms with Crippen LogP contribution in [0.2, 0.25) is 10.0 Å². The molecule has 0 amide bonds. The molecule has 0 heterocycles. The van der Waals surface area contributed by atoms with Gasteiger partial charge in [-0.1, -0.05) is 23.2 Å². The number of hydrogen-bond acceptors (Lipinski definition) is 4. The maximum Gasteiger partial charge on any atom is 0.339 e. The Balaban J connectivity index is 2.31. The van der Waals surface area contributed by atoms with Crippen molar-refractivity contribution in [2.75, 3.05) is 6.61 Å². The first-order chi connectivity index (χ1) is 8.79. The Morgan fingerprint density at radius 3 is 2.47 bits per heavy atom. The number of carbonyl (C=O) groups is 1. The summed E-state index contributed by atoms with van der Waals surface area (Å²) in [6.07, 6.45) is 2.05. The summed E-state index contributed by atoms with van der Waals surface area (Å²) in [4.78, 5) is 11.5. The summed E-state index contributed by atoms with van der Waals surface area (Å²) >= 11 is 11.7. The number of halogens is 3. The first-order valence-electron chi connectivity index (χ1n) is 5.40. The van der Waals surface area contributed by atoms with Crippen molar-refractivity contribution in [2.45, 2.75) is 17.7 Å². The smallest absolute Gasteiger partial charge is 0.339 e. The molecule has 1 aliphatic carbocycles. The van der Waals surface area contributed by atoms with Crippen molar-refractivity contribution in [1.29, 1.82) is 0 Å². The molecule has 1 fully saturated rings. The zero-order valence-corrected chi connectivity index (χ0v) is 12.6. The van der Waals surface area contributed by atoms with Crippen molar-refractivity contribution in [3.05, 3.63) is 27.7 Å². The number of hydrogen-bond donors (Lipinski definition) is 0. The fraction of sp³-hybridized carbons (Fsp3) is 0.364. The lowest BCUT2D eigenvalue weighted by atomic mass is 10.2. The Hall–Kier alpha value is -0.490. The molecule has 4 nitrogen and oxygen atoms in total. The summed E-state index contributed by atoms with van der Waals surface area (Å²) in [5.41, 5.74) is -0.103. The van der Waals surface area contributed by atoms with Gasteiger partial charge in [0.25, 0.3) is 9.05 Å². The Morgan fingerprint density at radius 2 is 1.95 bits per heavy atom. The molecule has 0 unspecified atom stereocenters. The highest BCUT2D eigenvalue weighted by Gasteiger charge is 2.25. The van der Waals surface area contributed by atoms with E-state index in [9.17, 15) is 13.2 Å². The molecule has 0 N–H and O–H groups in total. The maximum absolute atomic E-state index is 11.8. The molecule has 19 heavy (non-hydrogen) atoms.